The van der Waals surface area contributed by atoms with Crippen LogP contribution in [-0.2, 0) is 6.54 Å². The van der Waals surface area contributed by atoms with Crippen LogP contribution < -0.4 is 10.6 Å². The lowest BCUT2D eigenvalue weighted by atomic mass is 9.89. The fraction of sp³-hybridized carbons (Fsp3) is 0.310. The number of carbonyl (C=O) groups excluding carboxylic acids is 1. The van der Waals surface area contributed by atoms with Crippen LogP contribution in [0.15, 0.2) is 54.7 Å². The van der Waals surface area contributed by atoms with E-state index in [0.29, 0.717) is 17.0 Å². The molecular weight excluding hydrogens is 406 g/mol. The number of amides is 1. The zero-order chi connectivity index (χ0) is 22.8. The van der Waals surface area contributed by atoms with Crippen molar-refractivity contribution < 1.29 is 4.79 Å². The number of likely N-dealkylation sites (tertiary alicyclic amines) is 1. The molecule has 1 aliphatic carbocycles. The van der Waals surface area contributed by atoms with E-state index < -0.39 is 0 Å². The smallest absolute Gasteiger partial charge is 0.253 e. The van der Waals surface area contributed by atoms with Gasteiger partial charge in [0.1, 0.15) is 0 Å². The number of hydrogen-bond acceptors (Lipinski definition) is 2. The number of rotatable bonds is 4. The van der Waals surface area contributed by atoms with Gasteiger partial charge in [-0.1, -0.05) is 48.0 Å². The Bertz CT molecular complexity index is 1330. The molecule has 0 radical (unpaired) electrons. The van der Waals surface area contributed by atoms with Crippen LogP contribution in [0, 0.1) is 18.3 Å². The highest BCUT2D eigenvalue weighted by atomic mass is 16.2. The van der Waals surface area contributed by atoms with E-state index in [0.717, 1.165) is 45.3 Å². The van der Waals surface area contributed by atoms with Gasteiger partial charge in [0.2, 0.25) is 0 Å². The lowest BCUT2D eigenvalue weighted by Gasteiger charge is -2.32. The van der Waals surface area contributed by atoms with Crippen molar-refractivity contribution in [3.8, 4) is 6.07 Å². The number of nitriles is 1. The van der Waals surface area contributed by atoms with Gasteiger partial charge >= 0.3 is 0 Å². The Morgan fingerprint density at radius 2 is 1.82 bits per heavy atom. The topological polar surface area (TPSA) is 49.0 Å². The molecule has 4 nitrogen and oxygen atoms in total. The Kier molecular flexibility index (Phi) is 5.88. The number of aromatic nitrogens is 1. The maximum Gasteiger partial charge on any atom is 0.253 e. The standard InChI is InChI=1S/C29H29N3O/c1-21-9-11-22(12-10-21)19-32-20-27(26-7-2-3-8-28(26)32)24-13-15-31(16-14-24)29(33)25-6-4-5-23(17-25)18-30/h4-12,17,20,24H,2-3,13-16,19H2,1H3. The Balaban J connectivity index is 1.35. The second-order valence-corrected chi connectivity index (χ2v) is 9.24. The molecule has 0 bridgehead atoms. The number of piperidine rings is 1. The summed E-state index contributed by atoms with van der Waals surface area (Å²) in [6.07, 6.45) is 11.3. The molecule has 33 heavy (non-hydrogen) atoms. The van der Waals surface area contributed by atoms with E-state index in [1.807, 2.05) is 11.0 Å². The first-order chi connectivity index (χ1) is 16.1. The number of carbonyl (C=O) groups is 1. The summed E-state index contributed by atoms with van der Waals surface area (Å²) in [7, 11) is 0. The summed E-state index contributed by atoms with van der Waals surface area (Å²) >= 11 is 0. The van der Waals surface area contributed by atoms with Gasteiger partial charge in [-0.3, -0.25) is 4.79 Å². The molecule has 1 fully saturated rings. The summed E-state index contributed by atoms with van der Waals surface area (Å²) in [5, 5.41) is 11.9. The van der Waals surface area contributed by atoms with Crippen molar-refractivity contribution in [3.63, 3.8) is 0 Å². The average Bonchev–Trinajstić information content (AvgIpc) is 3.23. The Labute approximate surface area is 195 Å². The van der Waals surface area contributed by atoms with Gasteiger partial charge in [0.25, 0.3) is 5.91 Å². The number of hydrogen-bond donors (Lipinski definition) is 0. The monoisotopic (exact) mass is 435 g/mol. The second-order valence-electron chi connectivity index (χ2n) is 9.24. The van der Waals surface area contributed by atoms with Crippen molar-refractivity contribution >= 4 is 18.1 Å². The third-order valence-corrected chi connectivity index (χ3v) is 6.98. The van der Waals surface area contributed by atoms with Crippen molar-refractivity contribution in [2.45, 2.75) is 45.1 Å². The van der Waals surface area contributed by atoms with E-state index in [2.05, 4.69) is 60.2 Å². The molecule has 0 unspecified atom stereocenters. The van der Waals surface area contributed by atoms with Crippen molar-refractivity contribution in [1.29, 1.82) is 5.26 Å². The Morgan fingerprint density at radius 1 is 1.06 bits per heavy atom. The summed E-state index contributed by atoms with van der Waals surface area (Å²) in [6.45, 7) is 4.52. The molecule has 0 atom stereocenters. The van der Waals surface area contributed by atoms with Crippen LogP contribution >= 0.6 is 0 Å². The Morgan fingerprint density at radius 3 is 2.58 bits per heavy atom. The molecule has 1 saturated heterocycles. The molecule has 3 aromatic rings. The van der Waals surface area contributed by atoms with Gasteiger partial charge in [0.05, 0.1) is 11.6 Å². The number of benzene rings is 2. The van der Waals surface area contributed by atoms with Crippen LogP contribution in [0.25, 0.3) is 12.2 Å². The summed E-state index contributed by atoms with van der Waals surface area (Å²) < 4.78 is 2.41. The molecule has 166 valence electrons. The van der Waals surface area contributed by atoms with Crippen molar-refractivity contribution in [1.82, 2.24) is 9.47 Å². The zero-order valence-electron chi connectivity index (χ0n) is 19.1. The maximum absolute atomic E-state index is 13.0. The Hall–Kier alpha value is -3.58. The number of nitrogens with zero attached hydrogens (tertiary/aromatic N) is 3. The predicted octanol–water partition coefficient (Wildman–Crippen LogP) is 4.09. The van der Waals surface area contributed by atoms with Crippen LogP contribution in [-0.4, -0.2) is 28.5 Å². The molecule has 1 aliphatic heterocycles. The molecule has 5 rings (SSSR count). The quantitative estimate of drug-likeness (QED) is 0.620. The molecule has 2 aliphatic rings. The predicted molar refractivity (Wildman–Crippen MR) is 131 cm³/mol. The van der Waals surface area contributed by atoms with E-state index in [-0.39, 0.29) is 5.91 Å². The average molecular weight is 436 g/mol. The summed E-state index contributed by atoms with van der Waals surface area (Å²) in [4.78, 5) is 14.9. The van der Waals surface area contributed by atoms with Crippen LogP contribution in [0.1, 0.15) is 64.2 Å². The normalized spacial score (nSPS) is 15.8. The van der Waals surface area contributed by atoms with Crippen LogP contribution in [0.2, 0.25) is 0 Å². The molecule has 0 N–H and O–H groups in total. The maximum atomic E-state index is 13.0. The molecule has 2 aromatic carbocycles. The third kappa shape index (κ3) is 4.36. The molecular formula is C29H29N3O. The zero-order valence-corrected chi connectivity index (χ0v) is 19.1. The molecule has 4 heteroatoms. The van der Waals surface area contributed by atoms with Crippen LogP contribution in [0.3, 0.4) is 0 Å². The fourth-order valence-electron chi connectivity index (χ4n) is 5.15. The number of aryl methyl sites for hydroxylation is 1. The van der Waals surface area contributed by atoms with E-state index >= 15 is 0 Å². The molecule has 2 heterocycles. The van der Waals surface area contributed by atoms with Gasteiger partial charge in [0.15, 0.2) is 0 Å². The van der Waals surface area contributed by atoms with E-state index in [1.165, 1.54) is 27.3 Å². The first kappa shape index (κ1) is 21.3. The minimum absolute atomic E-state index is 0.0319. The molecule has 0 spiro atoms. The molecule has 0 saturated carbocycles. The van der Waals surface area contributed by atoms with Gasteiger partial charge in [-0.2, -0.15) is 5.26 Å². The summed E-state index contributed by atoms with van der Waals surface area (Å²) in [6, 6.07) is 18.0. The van der Waals surface area contributed by atoms with E-state index in [1.54, 1.807) is 18.2 Å². The highest BCUT2D eigenvalue weighted by Crippen LogP contribution is 2.27. The van der Waals surface area contributed by atoms with Gasteiger partial charge in [0, 0.05) is 36.7 Å². The third-order valence-electron chi connectivity index (χ3n) is 6.98. The van der Waals surface area contributed by atoms with E-state index in [9.17, 15) is 4.79 Å². The highest BCUT2D eigenvalue weighted by molar-refractivity contribution is 5.94. The number of fused-ring (bicyclic) bond motifs is 1. The van der Waals surface area contributed by atoms with Crippen molar-refractivity contribution in [2.24, 2.45) is 0 Å². The lowest BCUT2D eigenvalue weighted by Crippen LogP contribution is -2.39. The largest absolute Gasteiger partial charge is 0.343 e. The minimum Gasteiger partial charge on any atom is -0.343 e. The van der Waals surface area contributed by atoms with Crippen LogP contribution in [0.4, 0.5) is 0 Å². The van der Waals surface area contributed by atoms with Gasteiger partial charge in [-0.25, -0.2) is 0 Å². The highest BCUT2D eigenvalue weighted by Gasteiger charge is 2.26. The second kappa shape index (κ2) is 9.11. The van der Waals surface area contributed by atoms with E-state index in [4.69, 9.17) is 5.26 Å². The SMILES string of the molecule is Cc1ccc(Cn2cc(C3CCN(C(=O)c4cccc(C#N)c4)CC3)c3c2=CCCC=3)cc1. The van der Waals surface area contributed by atoms with Gasteiger partial charge < -0.3 is 9.47 Å². The first-order valence-electron chi connectivity index (χ1n) is 11.9. The van der Waals surface area contributed by atoms with Crippen LogP contribution in [0.5, 0.6) is 0 Å². The van der Waals surface area contributed by atoms with Gasteiger partial charge in [-0.15, -0.1) is 0 Å². The fourth-order valence-corrected chi connectivity index (χ4v) is 5.15. The molecule has 1 aromatic heterocycles. The minimum atomic E-state index is 0.0319. The van der Waals surface area contributed by atoms with Crippen molar-refractivity contribution in [3.05, 3.63) is 93.1 Å². The molecule has 1 amide bonds. The first-order valence-corrected chi connectivity index (χ1v) is 11.9. The lowest BCUT2D eigenvalue weighted by molar-refractivity contribution is 0.0713. The summed E-state index contributed by atoms with van der Waals surface area (Å²) in [5.74, 6) is 0.500. The summed E-state index contributed by atoms with van der Waals surface area (Å²) in [5.41, 5.74) is 5.19. The van der Waals surface area contributed by atoms with Crippen molar-refractivity contribution in [2.75, 3.05) is 13.1 Å². The van der Waals surface area contributed by atoms with Gasteiger partial charge in [-0.05, 0) is 73.1 Å².